The van der Waals surface area contributed by atoms with Crippen molar-refractivity contribution in [1.82, 2.24) is 19.5 Å². The van der Waals surface area contributed by atoms with Crippen LogP contribution in [0.4, 0.5) is 5.95 Å². The lowest BCUT2D eigenvalue weighted by molar-refractivity contribution is 0.976. The van der Waals surface area contributed by atoms with Crippen molar-refractivity contribution in [2.45, 2.75) is 6.54 Å². The Kier molecular flexibility index (Phi) is 4.26. The van der Waals surface area contributed by atoms with Gasteiger partial charge in [-0.2, -0.15) is 4.98 Å². The van der Waals surface area contributed by atoms with Crippen molar-refractivity contribution in [1.29, 1.82) is 0 Å². The van der Waals surface area contributed by atoms with E-state index >= 15 is 0 Å². The molecular formula is C18H13Cl2N5. The number of imidazole rings is 1. The second-order valence-corrected chi connectivity index (χ2v) is 6.35. The number of fused-ring (bicyclic) bond motifs is 1. The summed E-state index contributed by atoms with van der Waals surface area (Å²) in [4.78, 5) is 13.2. The van der Waals surface area contributed by atoms with Crippen LogP contribution in [-0.2, 0) is 6.54 Å². The molecule has 0 aliphatic rings. The molecule has 0 fully saturated rings. The lowest BCUT2D eigenvalue weighted by Crippen LogP contribution is -2.06. The van der Waals surface area contributed by atoms with Gasteiger partial charge in [-0.15, -0.1) is 0 Å². The second kappa shape index (κ2) is 6.70. The number of benzene rings is 2. The highest BCUT2D eigenvalue weighted by atomic mass is 35.5. The minimum absolute atomic E-state index is 0.520. The van der Waals surface area contributed by atoms with Gasteiger partial charge in [-0.25, -0.2) is 9.97 Å². The summed E-state index contributed by atoms with van der Waals surface area (Å²) in [6.07, 6.45) is 3.47. The molecule has 1 N–H and O–H groups in total. The number of para-hydroxylation sites is 2. The van der Waals surface area contributed by atoms with Gasteiger partial charge in [-0.1, -0.05) is 35.3 Å². The van der Waals surface area contributed by atoms with Gasteiger partial charge in [0.2, 0.25) is 5.95 Å². The topological polar surface area (TPSA) is 55.6 Å². The van der Waals surface area contributed by atoms with Crippen molar-refractivity contribution in [3.8, 4) is 5.82 Å². The van der Waals surface area contributed by atoms with Gasteiger partial charge < -0.3 is 5.32 Å². The highest BCUT2D eigenvalue weighted by Crippen LogP contribution is 2.20. The van der Waals surface area contributed by atoms with Crippen molar-refractivity contribution >= 4 is 40.2 Å². The third-order valence-electron chi connectivity index (χ3n) is 3.71. The monoisotopic (exact) mass is 369 g/mol. The number of rotatable bonds is 4. The highest BCUT2D eigenvalue weighted by Gasteiger charge is 2.07. The van der Waals surface area contributed by atoms with E-state index in [2.05, 4.69) is 20.3 Å². The fourth-order valence-electron chi connectivity index (χ4n) is 2.60. The molecule has 2 heterocycles. The molecular weight excluding hydrogens is 357 g/mol. The van der Waals surface area contributed by atoms with E-state index in [4.69, 9.17) is 23.2 Å². The zero-order valence-corrected chi connectivity index (χ0v) is 14.5. The van der Waals surface area contributed by atoms with Crippen molar-refractivity contribution in [3.05, 3.63) is 76.7 Å². The predicted octanol–water partition coefficient (Wildman–Crippen LogP) is 4.73. The molecule has 0 atom stereocenters. The molecule has 124 valence electrons. The molecule has 0 aliphatic carbocycles. The lowest BCUT2D eigenvalue weighted by Gasteiger charge is -2.08. The zero-order valence-electron chi connectivity index (χ0n) is 13.0. The predicted molar refractivity (Wildman–Crippen MR) is 100 cm³/mol. The standard InChI is InChI=1S/C18H13Cl2N5/c19-13-7-12(8-14(20)9-13)10-22-18-21-6-5-17(24-18)25-11-23-15-3-1-2-4-16(15)25/h1-9,11H,10H2,(H,21,22,24). The third kappa shape index (κ3) is 3.43. The van der Waals surface area contributed by atoms with Crippen molar-refractivity contribution in [2.75, 3.05) is 5.32 Å². The van der Waals surface area contributed by atoms with Gasteiger partial charge in [0, 0.05) is 22.8 Å². The number of hydrogen-bond donors (Lipinski definition) is 1. The fourth-order valence-corrected chi connectivity index (χ4v) is 3.18. The van der Waals surface area contributed by atoms with E-state index in [0.717, 1.165) is 22.4 Å². The molecule has 5 nitrogen and oxygen atoms in total. The van der Waals surface area contributed by atoms with Crippen LogP contribution in [0.2, 0.25) is 10.0 Å². The maximum atomic E-state index is 6.03. The molecule has 0 aliphatic heterocycles. The molecule has 0 saturated heterocycles. The molecule has 0 bridgehead atoms. The third-order valence-corrected chi connectivity index (χ3v) is 4.15. The van der Waals surface area contributed by atoms with Gasteiger partial charge in [-0.3, -0.25) is 4.57 Å². The van der Waals surface area contributed by atoms with E-state index in [0.29, 0.717) is 22.5 Å². The number of aromatic nitrogens is 4. The molecule has 4 rings (SSSR count). The molecule has 0 unspecified atom stereocenters. The molecule has 0 amide bonds. The summed E-state index contributed by atoms with van der Waals surface area (Å²) in [5.74, 6) is 1.27. The van der Waals surface area contributed by atoms with Crippen LogP contribution in [0.1, 0.15) is 5.56 Å². The smallest absolute Gasteiger partial charge is 0.224 e. The van der Waals surface area contributed by atoms with E-state index in [1.807, 2.05) is 47.0 Å². The highest BCUT2D eigenvalue weighted by molar-refractivity contribution is 6.34. The first-order valence-corrected chi connectivity index (χ1v) is 8.39. The number of nitrogens with one attached hydrogen (secondary N) is 1. The Bertz CT molecular complexity index is 1020. The van der Waals surface area contributed by atoms with Crippen LogP contribution in [0.15, 0.2) is 61.1 Å². The van der Waals surface area contributed by atoms with Gasteiger partial charge >= 0.3 is 0 Å². The van der Waals surface area contributed by atoms with Crippen LogP contribution in [-0.4, -0.2) is 19.5 Å². The van der Waals surface area contributed by atoms with Crippen LogP contribution >= 0.6 is 23.2 Å². The summed E-state index contributed by atoms with van der Waals surface area (Å²) in [5, 5.41) is 4.39. The van der Waals surface area contributed by atoms with Gasteiger partial charge in [0.15, 0.2) is 0 Å². The number of nitrogens with zero attached hydrogens (tertiary/aromatic N) is 4. The normalized spacial score (nSPS) is 11.0. The Hall–Kier alpha value is -2.63. The van der Waals surface area contributed by atoms with E-state index in [9.17, 15) is 0 Å². The van der Waals surface area contributed by atoms with Crippen molar-refractivity contribution in [3.63, 3.8) is 0 Å². The Morgan fingerprint density at radius 1 is 0.960 bits per heavy atom. The van der Waals surface area contributed by atoms with E-state index in [1.54, 1.807) is 18.6 Å². The summed E-state index contributed by atoms with van der Waals surface area (Å²) in [6.45, 7) is 0.522. The SMILES string of the molecule is Clc1cc(Cl)cc(CNc2nccc(-n3cnc4ccccc43)n2)c1. The maximum Gasteiger partial charge on any atom is 0.224 e. The lowest BCUT2D eigenvalue weighted by atomic mass is 10.2. The Labute approximate surface area is 154 Å². The summed E-state index contributed by atoms with van der Waals surface area (Å²) >= 11 is 12.1. The Morgan fingerprint density at radius 3 is 2.60 bits per heavy atom. The molecule has 0 radical (unpaired) electrons. The first-order valence-electron chi connectivity index (χ1n) is 7.63. The minimum Gasteiger partial charge on any atom is -0.350 e. The number of hydrogen-bond acceptors (Lipinski definition) is 4. The molecule has 0 saturated carbocycles. The van der Waals surface area contributed by atoms with Gasteiger partial charge in [0.25, 0.3) is 0 Å². The molecule has 0 spiro atoms. The summed E-state index contributed by atoms with van der Waals surface area (Å²) in [6, 6.07) is 15.2. The van der Waals surface area contributed by atoms with Gasteiger partial charge in [-0.05, 0) is 42.0 Å². The summed E-state index contributed by atoms with van der Waals surface area (Å²) in [7, 11) is 0. The number of anilines is 1. The number of halogens is 2. The van der Waals surface area contributed by atoms with Gasteiger partial charge in [0.05, 0.1) is 11.0 Å². The largest absolute Gasteiger partial charge is 0.350 e. The summed E-state index contributed by atoms with van der Waals surface area (Å²) < 4.78 is 1.93. The van der Waals surface area contributed by atoms with E-state index < -0.39 is 0 Å². The van der Waals surface area contributed by atoms with Crippen LogP contribution in [0.5, 0.6) is 0 Å². The Morgan fingerprint density at radius 2 is 1.76 bits per heavy atom. The average molecular weight is 370 g/mol. The molecule has 2 aromatic heterocycles. The Balaban J connectivity index is 1.59. The van der Waals surface area contributed by atoms with Crippen molar-refractivity contribution < 1.29 is 0 Å². The van der Waals surface area contributed by atoms with Crippen molar-refractivity contribution in [2.24, 2.45) is 0 Å². The molecule has 4 aromatic rings. The van der Waals surface area contributed by atoms with Crippen LogP contribution < -0.4 is 5.32 Å². The minimum atomic E-state index is 0.520. The fraction of sp³-hybridized carbons (Fsp3) is 0.0556. The van der Waals surface area contributed by atoms with E-state index in [1.165, 1.54) is 0 Å². The summed E-state index contributed by atoms with van der Waals surface area (Å²) in [5.41, 5.74) is 2.87. The van der Waals surface area contributed by atoms with Gasteiger partial charge in [0.1, 0.15) is 12.1 Å². The zero-order chi connectivity index (χ0) is 17.2. The first-order chi connectivity index (χ1) is 12.2. The molecule has 25 heavy (non-hydrogen) atoms. The average Bonchev–Trinajstić information content (AvgIpc) is 3.04. The maximum absolute atomic E-state index is 6.03. The van der Waals surface area contributed by atoms with E-state index in [-0.39, 0.29) is 0 Å². The quantitative estimate of drug-likeness (QED) is 0.564. The molecule has 7 heteroatoms. The molecule has 2 aromatic carbocycles. The van der Waals surface area contributed by atoms with Crippen LogP contribution in [0.25, 0.3) is 16.9 Å². The van der Waals surface area contributed by atoms with Crippen LogP contribution in [0, 0.1) is 0 Å². The first kappa shape index (κ1) is 15.9. The van der Waals surface area contributed by atoms with Crippen LogP contribution in [0.3, 0.4) is 0 Å². The second-order valence-electron chi connectivity index (χ2n) is 5.47.